The van der Waals surface area contributed by atoms with Gasteiger partial charge in [0.25, 0.3) is 0 Å². The first-order valence-corrected chi connectivity index (χ1v) is 6.65. The highest BCUT2D eigenvalue weighted by atomic mass is 16.5. The van der Waals surface area contributed by atoms with Crippen molar-refractivity contribution in [2.75, 3.05) is 27.3 Å². The molecule has 0 aromatic heterocycles. The van der Waals surface area contributed by atoms with Gasteiger partial charge >= 0.3 is 0 Å². The van der Waals surface area contributed by atoms with Crippen molar-refractivity contribution in [2.45, 2.75) is 33.0 Å². The average Bonchev–Trinajstić information content (AvgIpc) is 2.37. The number of nitrogens with one attached hydrogen (secondary N) is 1. The second-order valence-corrected chi connectivity index (χ2v) is 4.82. The molecule has 0 aliphatic heterocycles. The summed E-state index contributed by atoms with van der Waals surface area (Å²) >= 11 is 0. The van der Waals surface area contributed by atoms with Crippen molar-refractivity contribution in [3.8, 4) is 0 Å². The molecule has 0 radical (unpaired) electrons. The molecule has 0 spiro atoms. The molecule has 1 unspecified atom stereocenters. The molecule has 1 rings (SSSR count). The molecule has 3 nitrogen and oxygen atoms in total. The van der Waals surface area contributed by atoms with Gasteiger partial charge in [0.2, 0.25) is 0 Å². The molecule has 0 heterocycles. The SMILES string of the molecule is CCNCc1cccc(CN(C)C(C)COC)c1. The molecule has 0 amide bonds. The quantitative estimate of drug-likeness (QED) is 0.766. The van der Waals surface area contributed by atoms with E-state index in [1.54, 1.807) is 7.11 Å². The Morgan fingerprint density at radius 3 is 2.72 bits per heavy atom. The van der Waals surface area contributed by atoms with Crippen LogP contribution in [0.5, 0.6) is 0 Å². The maximum absolute atomic E-state index is 5.19. The lowest BCUT2D eigenvalue weighted by Gasteiger charge is -2.24. The van der Waals surface area contributed by atoms with Crippen molar-refractivity contribution < 1.29 is 4.74 Å². The third kappa shape index (κ3) is 5.17. The number of likely N-dealkylation sites (N-methyl/N-ethyl adjacent to an activating group) is 1. The predicted molar refractivity (Wildman–Crippen MR) is 76.6 cm³/mol. The van der Waals surface area contributed by atoms with Gasteiger partial charge in [-0.3, -0.25) is 4.90 Å². The van der Waals surface area contributed by atoms with E-state index >= 15 is 0 Å². The van der Waals surface area contributed by atoms with E-state index in [2.05, 4.69) is 55.4 Å². The van der Waals surface area contributed by atoms with Gasteiger partial charge in [-0.15, -0.1) is 0 Å². The summed E-state index contributed by atoms with van der Waals surface area (Å²) < 4.78 is 5.19. The molecular formula is C15H26N2O. The highest BCUT2D eigenvalue weighted by Crippen LogP contribution is 2.09. The highest BCUT2D eigenvalue weighted by Gasteiger charge is 2.09. The van der Waals surface area contributed by atoms with Crippen LogP contribution >= 0.6 is 0 Å². The van der Waals surface area contributed by atoms with Crippen molar-refractivity contribution in [1.29, 1.82) is 0 Å². The van der Waals surface area contributed by atoms with Crippen LogP contribution in [0.25, 0.3) is 0 Å². The van der Waals surface area contributed by atoms with Crippen LogP contribution in [0, 0.1) is 0 Å². The van der Waals surface area contributed by atoms with Crippen LogP contribution in [0.15, 0.2) is 24.3 Å². The Morgan fingerprint density at radius 2 is 2.06 bits per heavy atom. The second kappa shape index (κ2) is 8.25. The van der Waals surface area contributed by atoms with Crippen molar-refractivity contribution in [2.24, 2.45) is 0 Å². The lowest BCUT2D eigenvalue weighted by atomic mass is 10.1. The van der Waals surface area contributed by atoms with E-state index in [0.29, 0.717) is 6.04 Å². The Kier molecular flexibility index (Phi) is 6.94. The van der Waals surface area contributed by atoms with Gasteiger partial charge in [-0.1, -0.05) is 31.2 Å². The number of hydrogen-bond donors (Lipinski definition) is 1. The summed E-state index contributed by atoms with van der Waals surface area (Å²) in [7, 11) is 3.89. The number of rotatable bonds is 8. The number of methoxy groups -OCH3 is 1. The van der Waals surface area contributed by atoms with Gasteiger partial charge in [0.15, 0.2) is 0 Å². The maximum Gasteiger partial charge on any atom is 0.0615 e. The molecule has 18 heavy (non-hydrogen) atoms. The van der Waals surface area contributed by atoms with Gasteiger partial charge in [-0.05, 0) is 31.6 Å². The van der Waals surface area contributed by atoms with Crippen LogP contribution in [-0.4, -0.2) is 38.3 Å². The largest absolute Gasteiger partial charge is 0.383 e. The number of nitrogens with zero attached hydrogens (tertiary/aromatic N) is 1. The van der Waals surface area contributed by atoms with Gasteiger partial charge in [-0.25, -0.2) is 0 Å². The zero-order valence-corrected chi connectivity index (χ0v) is 12.1. The van der Waals surface area contributed by atoms with Crippen LogP contribution in [0.3, 0.4) is 0 Å². The number of benzene rings is 1. The van der Waals surface area contributed by atoms with E-state index in [0.717, 1.165) is 26.2 Å². The van der Waals surface area contributed by atoms with Crippen LogP contribution < -0.4 is 5.32 Å². The Morgan fingerprint density at radius 1 is 1.33 bits per heavy atom. The van der Waals surface area contributed by atoms with E-state index in [4.69, 9.17) is 4.74 Å². The minimum atomic E-state index is 0.437. The van der Waals surface area contributed by atoms with E-state index in [9.17, 15) is 0 Å². The van der Waals surface area contributed by atoms with Gasteiger partial charge in [0.05, 0.1) is 6.61 Å². The molecule has 1 N–H and O–H groups in total. The number of hydrogen-bond acceptors (Lipinski definition) is 3. The van der Waals surface area contributed by atoms with E-state index in [-0.39, 0.29) is 0 Å². The molecule has 0 fully saturated rings. The minimum absolute atomic E-state index is 0.437. The van der Waals surface area contributed by atoms with Crippen LogP contribution in [0.4, 0.5) is 0 Å². The van der Waals surface area contributed by atoms with Crippen LogP contribution in [-0.2, 0) is 17.8 Å². The Hall–Kier alpha value is -0.900. The molecule has 0 aliphatic rings. The zero-order valence-electron chi connectivity index (χ0n) is 12.1. The lowest BCUT2D eigenvalue weighted by molar-refractivity contribution is 0.112. The smallest absolute Gasteiger partial charge is 0.0615 e. The average molecular weight is 250 g/mol. The summed E-state index contributed by atoms with van der Waals surface area (Å²) in [5, 5.41) is 3.35. The van der Waals surface area contributed by atoms with Crippen LogP contribution in [0.2, 0.25) is 0 Å². The summed E-state index contributed by atoms with van der Waals surface area (Å²) in [6, 6.07) is 9.21. The molecule has 1 aromatic carbocycles. The third-order valence-electron chi connectivity index (χ3n) is 3.16. The molecule has 102 valence electrons. The van der Waals surface area contributed by atoms with Gasteiger partial charge in [0, 0.05) is 26.2 Å². The maximum atomic E-state index is 5.19. The van der Waals surface area contributed by atoms with E-state index in [1.807, 2.05) is 0 Å². The minimum Gasteiger partial charge on any atom is -0.383 e. The molecule has 0 aliphatic carbocycles. The fourth-order valence-electron chi connectivity index (χ4n) is 1.92. The Labute approximate surface area is 111 Å². The standard InChI is InChI=1S/C15H26N2O/c1-5-16-10-14-7-6-8-15(9-14)11-17(3)13(2)12-18-4/h6-9,13,16H,5,10-12H2,1-4H3. The first-order valence-electron chi connectivity index (χ1n) is 6.65. The highest BCUT2D eigenvalue weighted by molar-refractivity contribution is 5.23. The molecule has 0 saturated carbocycles. The zero-order chi connectivity index (χ0) is 13.4. The Bertz CT molecular complexity index is 341. The normalized spacial score (nSPS) is 12.9. The lowest BCUT2D eigenvalue weighted by Crippen LogP contribution is -2.32. The molecule has 1 aromatic rings. The summed E-state index contributed by atoms with van der Waals surface area (Å²) in [5.74, 6) is 0. The van der Waals surface area contributed by atoms with Gasteiger partial charge in [0.1, 0.15) is 0 Å². The molecule has 0 saturated heterocycles. The number of ether oxygens (including phenoxy) is 1. The second-order valence-electron chi connectivity index (χ2n) is 4.82. The fourth-order valence-corrected chi connectivity index (χ4v) is 1.92. The van der Waals surface area contributed by atoms with E-state index in [1.165, 1.54) is 11.1 Å². The van der Waals surface area contributed by atoms with Crippen molar-refractivity contribution in [3.63, 3.8) is 0 Å². The third-order valence-corrected chi connectivity index (χ3v) is 3.16. The fraction of sp³-hybridized carbons (Fsp3) is 0.600. The molecule has 0 bridgehead atoms. The monoisotopic (exact) mass is 250 g/mol. The van der Waals surface area contributed by atoms with Gasteiger partial charge < -0.3 is 10.1 Å². The van der Waals surface area contributed by atoms with Crippen molar-refractivity contribution in [3.05, 3.63) is 35.4 Å². The molecular weight excluding hydrogens is 224 g/mol. The van der Waals surface area contributed by atoms with Gasteiger partial charge in [-0.2, -0.15) is 0 Å². The summed E-state index contributed by atoms with van der Waals surface area (Å²) in [6.45, 7) is 8.00. The Balaban J connectivity index is 2.55. The van der Waals surface area contributed by atoms with Crippen molar-refractivity contribution >= 4 is 0 Å². The van der Waals surface area contributed by atoms with Crippen LogP contribution in [0.1, 0.15) is 25.0 Å². The molecule has 3 heteroatoms. The first kappa shape index (κ1) is 15.2. The predicted octanol–water partition coefficient (Wildman–Crippen LogP) is 2.26. The summed E-state index contributed by atoms with van der Waals surface area (Å²) in [6.07, 6.45) is 0. The van der Waals surface area contributed by atoms with E-state index < -0.39 is 0 Å². The topological polar surface area (TPSA) is 24.5 Å². The van der Waals surface area contributed by atoms with Crippen molar-refractivity contribution in [1.82, 2.24) is 10.2 Å². The molecule has 1 atom stereocenters. The summed E-state index contributed by atoms with van der Waals surface area (Å²) in [5.41, 5.74) is 2.71. The first-order chi connectivity index (χ1) is 8.67. The summed E-state index contributed by atoms with van der Waals surface area (Å²) in [4.78, 5) is 2.32.